The molecule has 0 aliphatic carbocycles. The molecule has 0 saturated carbocycles. The molecule has 5 nitrogen and oxygen atoms in total. The second-order valence-corrected chi connectivity index (χ2v) is 7.66. The minimum atomic E-state index is -0.0899. The average molecular weight is 405 g/mol. The molecule has 0 unspecified atom stereocenters. The number of carbonyl (C=O) groups excluding carboxylic acids is 1. The van der Waals surface area contributed by atoms with E-state index in [4.69, 9.17) is 9.15 Å². The number of hydrogen-bond acceptors (Lipinski definition) is 4. The molecule has 1 aliphatic heterocycles. The minimum absolute atomic E-state index is 0.0899. The second kappa shape index (κ2) is 9.63. The normalized spacial score (nSPS) is 15.1. The zero-order chi connectivity index (χ0) is 20.8. The van der Waals surface area contributed by atoms with Crippen LogP contribution in [0, 0.1) is 0 Å². The van der Waals surface area contributed by atoms with Crippen molar-refractivity contribution in [3.05, 3.63) is 84.3 Å². The van der Waals surface area contributed by atoms with Crippen molar-refractivity contribution >= 4 is 11.6 Å². The number of ether oxygens (including phenoxy) is 1. The maximum absolute atomic E-state index is 13.2. The summed E-state index contributed by atoms with van der Waals surface area (Å²) in [4.78, 5) is 17.6. The molecule has 156 valence electrons. The van der Waals surface area contributed by atoms with Crippen LogP contribution in [0.4, 0.5) is 5.69 Å². The number of likely N-dealkylation sites (tertiary alicyclic amines) is 1. The van der Waals surface area contributed by atoms with Crippen LogP contribution < -0.4 is 9.64 Å². The highest BCUT2D eigenvalue weighted by Crippen LogP contribution is 2.28. The number of benzene rings is 2. The van der Waals surface area contributed by atoms with Gasteiger partial charge in [-0.3, -0.25) is 4.79 Å². The third-order valence-corrected chi connectivity index (χ3v) is 5.78. The summed E-state index contributed by atoms with van der Waals surface area (Å²) in [5, 5.41) is 0. The highest BCUT2D eigenvalue weighted by atomic mass is 16.5. The molecule has 1 amide bonds. The predicted molar refractivity (Wildman–Crippen MR) is 118 cm³/mol. The zero-order valence-corrected chi connectivity index (χ0v) is 17.4. The van der Waals surface area contributed by atoms with Crippen molar-refractivity contribution in [1.82, 2.24) is 4.90 Å². The van der Waals surface area contributed by atoms with Gasteiger partial charge in [-0.2, -0.15) is 0 Å². The molecule has 0 bridgehead atoms. The highest BCUT2D eigenvalue weighted by Gasteiger charge is 2.31. The van der Waals surface area contributed by atoms with Gasteiger partial charge in [0.25, 0.3) is 5.91 Å². The number of carbonyl (C=O) groups is 1. The molecular weight excluding hydrogens is 376 g/mol. The molecule has 1 aromatic heterocycles. The van der Waals surface area contributed by atoms with Gasteiger partial charge in [-0.15, -0.1) is 0 Å². The maximum Gasteiger partial charge on any atom is 0.294 e. The monoisotopic (exact) mass is 404 g/mol. The van der Waals surface area contributed by atoms with Crippen LogP contribution in [0.5, 0.6) is 5.75 Å². The van der Waals surface area contributed by atoms with Gasteiger partial charge in [0, 0.05) is 31.4 Å². The first-order valence-corrected chi connectivity index (χ1v) is 10.5. The lowest BCUT2D eigenvalue weighted by molar-refractivity contribution is 0.0933. The van der Waals surface area contributed by atoms with E-state index in [0.717, 1.165) is 50.3 Å². The summed E-state index contributed by atoms with van der Waals surface area (Å²) < 4.78 is 10.7. The summed E-state index contributed by atoms with van der Waals surface area (Å²) in [7, 11) is 1.64. The summed E-state index contributed by atoms with van der Waals surface area (Å²) in [5.41, 5.74) is 2.24. The van der Waals surface area contributed by atoms with E-state index in [1.165, 1.54) is 5.56 Å². The molecule has 0 radical (unpaired) electrons. The molecule has 0 spiro atoms. The first-order chi connectivity index (χ1) is 14.7. The second-order valence-electron chi connectivity index (χ2n) is 7.66. The number of rotatable bonds is 7. The number of anilines is 1. The summed E-state index contributed by atoms with van der Waals surface area (Å²) >= 11 is 0. The molecule has 1 fully saturated rings. The van der Waals surface area contributed by atoms with Crippen LogP contribution >= 0.6 is 0 Å². The standard InChI is InChI=1S/C25H28N2O3/c1-29-23-11-9-21(10-12-23)27(25(28)24-8-5-19-30-24)22-14-17-26(18-15-22)16-13-20-6-3-2-4-7-20/h2-12,19,22H,13-18H2,1H3. The van der Waals surface area contributed by atoms with Gasteiger partial charge in [0.2, 0.25) is 0 Å². The van der Waals surface area contributed by atoms with Crippen LogP contribution in [-0.2, 0) is 6.42 Å². The molecule has 1 aliphatic rings. The van der Waals surface area contributed by atoms with Gasteiger partial charge >= 0.3 is 0 Å². The number of furan rings is 1. The number of hydrogen-bond donors (Lipinski definition) is 0. The Morgan fingerprint density at radius 1 is 1.03 bits per heavy atom. The predicted octanol–water partition coefficient (Wildman–Crippen LogP) is 4.64. The summed E-state index contributed by atoms with van der Waals surface area (Å²) in [5.74, 6) is 1.06. The van der Waals surface area contributed by atoms with Crippen molar-refractivity contribution in [2.45, 2.75) is 25.3 Å². The lowest BCUT2D eigenvalue weighted by Crippen LogP contribution is -2.48. The third kappa shape index (κ3) is 4.74. The van der Waals surface area contributed by atoms with Crippen molar-refractivity contribution < 1.29 is 13.9 Å². The number of piperidine rings is 1. The first kappa shape index (κ1) is 20.2. The van der Waals surface area contributed by atoms with Crippen molar-refractivity contribution in [3.8, 4) is 5.75 Å². The smallest absolute Gasteiger partial charge is 0.294 e. The van der Waals surface area contributed by atoms with Gasteiger partial charge in [0.05, 0.1) is 13.4 Å². The molecule has 2 aromatic carbocycles. The maximum atomic E-state index is 13.2. The van der Waals surface area contributed by atoms with E-state index in [1.807, 2.05) is 29.2 Å². The Morgan fingerprint density at radius 2 is 1.77 bits per heavy atom. The Kier molecular flexibility index (Phi) is 6.50. The molecule has 2 heterocycles. The van der Waals surface area contributed by atoms with E-state index in [2.05, 4.69) is 35.2 Å². The fourth-order valence-electron chi connectivity index (χ4n) is 4.09. The van der Waals surface area contributed by atoms with Gasteiger partial charge in [0.15, 0.2) is 5.76 Å². The number of nitrogens with zero attached hydrogens (tertiary/aromatic N) is 2. The van der Waals surface area contributed by atoms with E-state index < -0.39 is 0 Å². The molecule has 0 N–H and O–H groups in total. The molecule has 0 atom stereocenters. The van der Waals surface area contributed by atoms with Gasteiger partial charge in [0.1, 0.15) is 5.75 Å². The van der Waals surface area contributed by atoms with Gasteiger partial charge < -0.3 is 19.0 Å². The van der Waals surface area contributed by atoms with Crippen LogP contribution in [0.25, 0.3) is 0 Å². The zero-order valence-electron chi connectivity index (χ0n) is 17.4. The van der Waals surface area contributed by atoms with Gasteiger partial charge in [-0.25, -0.2) is 0 Å². The number of amides is 1. The Morgan fingerprint density at radius 3 is 2.40 bits per heavy atom. The topological polar surface area (TPSA) is 45.9 Å². The molecule has 30 heavy (non-hydrogen) atoms. The van der Waals surface area contributed by atoms with E-state index in [0.29, 0.717) is 5.76 Å². The molecule has 4 rings (SSSR count). The van der Waals surface area contributed by atoms with Crippen LogP contribution in [-0.4, -0.2) is 43.6 Å². The summed E-state index contributed by atoms with van der Waals surface area (Å²) in [6, 6.07) is 21.9. The van der Waals surface area contributed by atoms with Crippen molar-refractivity contribution in [1.29, 1.82) is 0 Å². The Balaban J connectivity index is 1.44. The van der Waals surface area contributed by atoms with E-state index in [1.54, 1.807) is 25.5 Å². The van der Waals surface area contributed by atoms with Crippen molar-refractivity contribution in [2.75, 3.05) is 31.6 Å². The number of methoxy groups -OCH3 is 1. The molecule has 1 saturated heterocycles. The van der Waals surface area contributed by atoms with E-state index in [9.17, 15) is 4.79 Å². The minimum Gasteiger partial charge on any atom is -0.497 e. The lowest BCUT2D eigenvalue weighted by atomic mass is 10.0. The Bertz CT molecular complexity index is 915. The largest absolute Gasteiger partial charge is 0.497 e. The van der Waals surface area contributed by atoms with Crippen molar-refractivity contribution in [2.24, 2.45) is 0 Å². The molecule has 5 heteroatoms. The van der Waals surface area contributed by atoms with Crippen LogP contribution in [0.3, 0.4) is 0 Å². The van der Waals surface area contributed by atoms with Crippen LogP contribution in [0.2, 0.25) is 0 Å². The molecule has 3 aromatic rings. The van der Waals surface area contributed by atoms with Crippen molar-refractivity contribution in [3.63, 3.8) is 0 Å². The quantitative estimate of drug-likeness (QED) is 0.575. The Hall–Kier alpha value is -3.05. The summed E-state index contributed by atoms with van der Waals surface area (Å²) in [6.07, 6.45) is 4.48. The highest BCUT2D eigenvalue weighted by molar-refractivity contribution is 6.04. The van der Waals surface area contributed by atoms with E-state index in [-0.39, 0.29) is 11.9 Å². The summed E-state index contributed by atoms with van der Waals surface area (Å²) in [6.45, 7) is 3.01. The fraction of sp³-hybridized carbons (Fsp3) is 0.320. The van der Waals surface area contributed by atoms with Crippen LogP contribution in [0.1, 0.15) is 29.0 Å². The first-order valence-electron chi connectivity index (χ1n) is 10.5. The van der Waals surface area contributed by atoms with E-state index >= 15 is 0 Å². The van der Waals surface area contributed by atoms with Crippen LogP contribution in [0.15, 0.2) is 77.4 Å². The Labute approximate surface area is 177 Å². The average Bonchev–Trinajstić information content (AvgIpc) is 3.35. The third-order valence-electron chi connectivity index (χ3n) is 5.78. The van der Waals surface area contributed by atoms with Gasteiger partial charge in [-0.1, -0.05) is 30.3 Å². The lowest BCUT2D eigenvalue weighted by Gasteiger charge is -2.38. The van der Waals surface area contributed by atoms with Gasteiger partial charge in [-0.05, 0) is 61.2 Å². The SMILES string of the molecule is COc1ccc(N(C(=O)c2ccco2)C2CCN(CCc3ccccc3)CC2)cc1. The fourth-order valence-corrected chi connectivity index (χ4v) is 4.09. The molecular formula is C25H28N2O3.